The Labute approximate surface area is 95.8 Å². The SMILES string of the molecule is CCCC1C(C)CCC2CCCCC21C. The van der Waals surface area contributed by atoms with E-state index in [1.54, 1.807) is 0 Å². The third-order valence-electron chi connectivity index (χ3n) is 5.55. The van der Waals surface area contributed by atoms with E-state index in [4.69, 9.17) is 0 Å². The van der Waals surface area contributed by atoms with E-state index < -0.39 is 0 Å². The Bertz CT molecular complexity index is 208. The summed E-state index contributed by atoms with van der Waals surface area (Å²) in [6, 6.07) is 0. The van der Waals surface area contributed by atoms with Gasteiger partial charge in [0.2, 0.25) is 0 Å². The van der Waals surface area contributed by atoms with Crippen molar-refractivity contribution in [2.24, 2.45) is 23.2 Å². The summed E-state index contributed by atoms with van der Waals surface area (Å²) in [6.07, 6.45) is 12.0. The largest absolute Gasteiger partial charge is 0.0654 e. The van der Waals surface area contributed by atoms with Gasteiger partial charge in [0.05, 0.1) is 0 Å². The minimum Gasteiger partial charge on any atom is -0.0654 e. The summed E-state index contributed by atoms with van der Waals surface area (Å²) in [5.74, 6) is 3.09. The van der Waals surface area contributed by atoms with Crippen molar-refractivity contribution in [2.45, 2.75) is 72.1 Å². The topological polar surface area (TPSA) is 0 Å². The molecule has 0 bridgehead atoms. The van der Waals surface area contributed by atoms with Crippen LogP contribution in [0.15, 0.2) is 0 Å². The van der Waals surface area contributed by atoms with Crippen molar-refractivity contribution in [1.29, 1.82) is 0 Å². The fraction of sp³-hybridized carbons (Fsp3) is 1.00. The second-order valence-corrected chi connectivity index (χ2v) is 6.40. The van der Waals surface area contributed by atoms with Crippen molar-refractivity contribution < 1.29 is 0 Å². The standard InChI is InChI=1S/C15H28/c1-4-7-14-12(2)9-10-13-8-5-6-11-15(13,14)3/h12-14H,4-11H2,1-3H3. The zero-order chi connectivity index (χ0) is 10.9. The van der Waals surface area contributed by atoms with Crippen LogP contribution in [0.5, 0.6) is 0 Å². The van der Waals surface area contributed by atoms with Gasteiger partial charge in [0, 0.05) is 0 Å². The molecule has 0 heterocycles. The van der Waals surface area contributed by atoms with Crippen LogP contribution in [0.4, 0.5) is 0 Å². The van der Waals surface area contributed by atoms with Crippen LogP contribution in [0.1, 0.15) is 72.1 Å². The van der Waals surface area contributed by atoms with Crippen molar-refractivity contribution in [1.82, 2.24) is 0 Å². The Morgan fingerprint density at radius 3 is 2.67 bits per heavy atom. The summed E-state index contributed by atoms with van der Waals surface area (Å²) in [5, 5.41) is 0. The maximum Gasteiger partial charge on any atom is -0.0267 e. The lowest BCUT2D eigenvalue weighted by Gasteiger charge is -2.53. The van der Waals surface area contributed by atoms with Crippen LogP contribution >= 0.6 is 0 Å². The first-order valence-corrected chi connectivity index (χ1v) is 7.18. The van der Waals surface area contributed by atoms with Crippen molar-refractivity contribution in [3.05, 3.63) is 0 Å². The predicted molar refractivity (Wildman–Crippen MR) is 66.9 cm³/mol. The molecule has 4 atom stereocenters. The van der Waals surface area contributed by atoms with Crippen LogP contribution in [0.2, 0.25) is 0 Å². The van der Waals surface area contributed by atoms with Crippen molar-refractivity contribution in [3.63, 3.8) is 0 Å². The highest BCUT2D eigenvalue weighted by Crippen LogP contribution is 2.56. The molecule has 0 saturated heterocycles. The lowest BCUT2D eigenvalue weighted by atomic mass is 9.52. The van der Waals surface area contributed by atoms with E-state index in [-0.39, 0.29) is 0 Å². The fourth-order valence-corrected chi connectivity index (χ4v) is 4.63. The van der Waals surface area contributed by atoms with E-state index in [1.165, 1.54) is 51.4 Å². The molecule has 0 N–H and O–H groups in total. The Balaban J connectivity index is 2.16. The van der Waals surface area contributed by atoms with Crippen molar-refractivity contribution in [2.75, 3.05) is 0 Å². The second kappa shape index (κ2) is 4.47. The average molecular weight is 208 g/mol. The van der Waals surface area contributed by atoms with Crippen molar-refractivity contribution in [3.8, 4) is 0 Å². The van der Waals surface area contributed by atoms with Gasteiger partial charge in [0.25, 0.3) is 0 Å². The fourth-order valence-electron chi connectivity index (χ4n) is 4.63. The monoisotopic (exact) mass is 208 g/mol. The molecular formula is C15H28. The minimum atomic E-state index is 0.714. The van der Waals surface area contributed by atoms with E-state index in [0.29, 0.717) is 5.41 Å². The number of fused-ring (bicyclic) bond motifs is 1. The highest BCUT2D eigenvalue weighted by atomic mass is 14.5. The van der Waals surface area contributed by atoms with E-state index in [2.05, 4.69) is 20.8 Å². The highest BCUT2D eigenvalue weighted by molar-refractivity contribution is 4.96. The van der Waals surface area contributed by atoms with Gasteiger partial charge in [0.15, 0.2) is 0 Å². The molecule has 2 aliphatic carbocycles. The Kier molecular flexibility index (Phi) is 3.42. The van der Waals surface area contributed by atoms with Crippen LogP contribution in [0.3, 0.4) is 0 Å². The predicted octanol–water partition coefficient (Wildman–Crippen LogP) is 5.03. The molecule has 15 heavy (non-hydrogen) atoms. The highest BCUT2D eigenvalue weighted by Gasteiger charge is 2.46. The molecule has 0 heteroatoms. The molecule has 0 spiro atoms. The smallest absolute Gasteiger partial charge is 0.0267 e. The van der Waals surface area contributed by atoms with Crippen LogP contribution in [-0.2, 0) is 0 Å². The maximum atomic E-state index is 2.62. The molecule has 0 aromatic carbocycles. The van der Waals surface area contributed by atoms with E-state index >= 15 is 0 Å². The Morgan fingerprint density at radius 2 is 1.93 bits per heavy atom. The lowest BCUT2D eigenvalue weighted by molar-refractivity contribution is -0.0339. The van der Waals surface area contributed by atoms with Gasteiger partial charge in [0.1, 0.15) is 0 Å². The zero-order valence-corrected chi connectivity index (χ0v) is 10.9. The normalized spacial score (nSPS) is 46.2. The molecule has 2 saturated carbocycles. The molecule has 4 unspecified atom stereocenters. The molecule has 2 fully saturated rings. The second-order valence-electron chi connectivity index (χ2n) is 6.40. The Morgan fingerprint density at radius 1 is 1.13 bits per heavy atom. The van der Waals surface area contributed by atoms with E-state index in [1.807, 2.05) is 0 Å². The van der Waals surface area contributed by atoms with Crippen LogP contribution in [-0.4, -0.2) is 0 Å². The third-order valence-corrected chi connectivity index (χ3v) is 5.55. The van der Waals surface area contributed by atoms with Crippen LogP contribution in [0.25, 0.3) is 0 Å². The first-order chi connectivity index (χ1) is 7.18. The van der Waals surface area contributed by atoms with Gasteiger partial charge in [-0.2, -0.15) is 0 Å². The quantitative estimate of drug-likeness (QED) is 0.597. The molecule has 0 aromatic heterocycles. The molecule has 0 aromatic rings. The van der Waals surface area contributed by atoms with Gasteiger partial charge in [-0.15, -0.1) is 0 Å². The molecule has 0 aliphatic heterocycles. The van der Waals surface area contributed by atoms with Crippen LogP contribution < -0.4 is 0 Å². The molecule has 0 nitrogen and oxygen atoms in total. The van der Waals surface area contributed by atoms with Crippen LogP contribution in [0, 0.1) is 23.2 Å². The van der Waals surface area contributed by atoms with Gasteiger partial charge < -0.3 is 0 Å². The minimum absolute atomic E-state index is 0.714. The summed E-state index contributed by atoms with van der Waals surface area (Å²) >= 11 is 0. The number of hydrogen-bond acceptors (Lipinski definition) is 0. The molecule has 0 radical (unpaired) electrons. The summed E-state index contributed by atoms with van der Waals surface area (Å²) in [6.45, 7) is 7.49. The molecular weight excluding hydrogens is 180 g/mol. The van der Waals surface area contributed by atoms with Gasteiger partial charge in [-0.25, -0.2) is 0 Å². The van der Waals surface area contributed by atoms with Gasteiger partial charge in [-0.1, -0.05) is 46.5 Å². The average Bonchev–Trinajstić information content (AvgIpc) is 2.23. The van der Waals surface area contributed by atoms with Gasteiger partial charge >= 0.3 is 0 Å². The summed E-state index contributed by atoms with van der Waals surface area (Å²) in [7, 11) is 0. The van der Waals surface area contributed by atoms with E-state index in [9.17, 15) is 0 Å². The number of rotatable bonds is 2. The molecule has 2 aliphatic rings. The number of hydrogen-bond donors (Lipinski definition) is 0. The zero-order valence-electron chi connectivity index (χ0n) is 10.9. The van der Waals surface area contributed by atoms with Gasteiger partial charge in [-0.05, 0) is 48.9 Å². The molecule has 88 valence electrons. The van der Waals surface area contributed by atoms with Gasteiger partial charge in [-0.3, -0.25) is 0 Å². The lowest BCUT2D eigenvalue weighted by Crippen LogP contribution is -2.44. The first-order valence-electron chi connectivity index (χ1n) is 7.18. The summed E-state index contributed by atoms with van der Waals surface area (Å²) in [4.78, 5) is 0. The summed E-state index contributed by atoms with van der Waals surface area (Å²) in [5.41, 5.74) is 0.714. The molecule has 2 rings (SSSR count). The Hall–Kier alpha value is 0. The summed E-state index contributed by atoms with van der Waals surface area (Å²) < 4.78 is 0. The molecule has 0 amide bonds. The van der Waals surface area contributed by atoms with Crippen molar-refractivity contribution >= 4 is 0 Å². The third kappa shape index (κ3) is 1.97. The maximum absolute atomic E-state index is 2.62. The first kappa shape index (κ1) is 11.5. The van der Waals surface area contributed by atoms with E-state index in [0.717, 1.165) is 17.8 Å².